The number of halogens is 2. The highest BCUT2D eigenvalue weighted by atomic mass is 19.2. The number of ketones is 1. The van der Waals surface area contributed by atoms with Gasteiger partial charge in [-0.2, -0.15) is 0 Å². The Kier molecular flexibility index (Phi) is 3.84. The number of nitrogens with zero attached hydrogens (tertiary/aromatic N) is 1. The van der Waals surface area contributed by atoms with E-state index in [1.807, 2.05) is 27.0 Å². The Morgan fingerprint density at radius 2 is 1.96 bits per heavy atom. The highest BCUT2D eigenvalue weighted by molar-refractivity contribution is 6.10. The van der Waals surface area contributed by atoms with Gasteiger partial charge in [0.15, 0.2) is 17.4 Å². The second-order valence-electron chi connectivity index (χ2n) is 6.31. The Balaban J connectivity index is 2.43. The molecule has 23 heavy (non-hydrogen) atoms. The summed E-state index contributed by atoms with van der Waals surface area (Å²) in [6.45, 7) is 6.43. The Hall–Kier alpha value is -2.01. The first-order valence-electron chi connectivity index (χ1n) is 7.71. The third kappa shape index (κ3) is 2.39. The average molecular weight is 318 g/mol. The molecule has 1 aromatic carbocycles. The summed E-state index contributed by atoms with van der Waals surface area (Å²) in [5.74, 6) is -2.46. The van der Waals surface area contributed by atoms with Gasteiger partial charge in [0.05, 0.1) is 11.1 Å². The van der Waals surface area contributed by atoms with Gasteiger partial charge in [0.1, 0.15) is 0 Å². The van der Waals surface area contributed by atoms with Crippen LogP contribution < -0.4 is 0 Å². The normalized spacial score (nSPS) is 16.0. The molecule has 0 fully saturated rings. The molecule has 1 aliphatic heterocycles. The topological polar surface area (TPSA) is 36.1 Å². The van der Waals surface area contributed by atoms with Crippen molar-refractivity contribution in [3.63, 3.8) is 0 Å². The molecule has 122 valence electrons. The summed E-state index contributed by atoms with van der Waals surface area (Å²) < 4.78 is 29.4. The molecule has 2 heterocycles. The van der Waals surface area contributed by atoms with Gasteiger partial charge in [0.25, 0.3) is 0 Å². The molecular formula is C18H20F2N2O. The number of aromatic nitrogens is 1. The minimum atomic E-state index is -1.06. The van der Waals surface area contributed by atoms with Crippen molar-refractivity contribution in [1.82, 2.24) is 9.88 Å². The molecule has 0 spiro atoms. The number of benzene rings is 1. The first-order chi connectivity index (χ1) is 10.8. The van der Waals surface area contributed by atoms with E-state index in [1.54, 1.807) is 0 Å². The average Bonchev–Trinajstić information content (AvgIpc) is 2.76. The first kappa shape index (κ1) is 15.9. The van der Waals surface area contributed by atoms with Gasteiger partial charge >= 0.3 is 0 Å². The summed E-state index contributed by atoms with van der Waals surface area (Å²) in [7, 11) is 1.96. The molecule has 0 bridgehead atoms. The Labute approximate surface area is 134 Å². The zero-order chi connectivity index (χ0) is 16.9. The molecule has 1 N–H and O–H groups in total. The molecule has 3 rings (SSSR count). The van der Waals surface area contributed by atoms with Crippen LogP contribution in [-0.2, 0) is 0 Å². The highest BCUT2D eigenvalue weighted by Crippen LogP contribution is 2.37. The number of rotatable bonds is 2. The quantitative estimate of drug-likeness (QED) is 0.850. The first-order valence-corrected chi connectivity index (χ1v) is 7.71. The molecule has 0 atom stereocenters. The maximum absolute atomic E-state index is 14.9. The van der Waals surface area contributed by atoms with E-state index in [1.165, 1.54) is 6.92 Å². The SMILES string of the molecule is CC(=O)c1c(F)c(F)c(C2=CCCN(C)C2)c2c(C)c(C)[nH]c12. The van der Waals surface area contributed by atoms with Crippen molar-refractivity contribution in [2.75, 3.05) is 20.1 Å². The highest BCUT2D eigenvalue weighted by Gasteiger charge is 2.28. The smallest absolute Gasteiger partial charge is 0.172 e. The fraction of sp³-hybridized carbons (Fsp3) is 0.389. The van der Waals surface area contributed by atoms with E-state index in [9.17, 15) is 13.6 Å². The number of fused-ring (bicyclic) bond motifs is 1. The second-order valence-corrected chi connectivity index (χ2v) is 6.31. The molecule has 3 nitrogen and oxygen atoms in total. The van der Waals surface area contributed by atoms with Gasteiger partial charge in [0.2, 0.25) is 0 Å². The third-order valence-corrected chi connectivity index (χ3v) is 4.65. The Morgan fingerprint density at radius 3 is 2.57 bits per heavy atom. The van der Waals surface area contributed by atoms with Gasteiger partial charge in [-0.25, -0.2) is 8.78 Å². The summed E-state index contributed by atoms with van der Waals surface area (Å²) in [5.41, 5.74) is 2.94. The number of aromatic amines is 1. The number of hydrogen-bond acceptors (Lipinski definition) is 2. The summed E-state index contributed by atoms with van der Waals surface area (Å²) in [6, 6.07) is 0. The monoisotopic (exact) mass is 318 g/mol. The van der Waals surface area contributed by atoms with Crippen LogP contribution in [0.1, 0.15) is 40.5 Å². The van der Waals surface area contributed by atoms with E-state index in [2.05, 4.69) is 9.88 Å². The van der Waals surface area contributed by atoms with Gasteiger partial charge < -0.3 is 9.88 Å². The summed E-state index contributed by atoms with van der Waals surface area (Å²) in [6.07, 6.45) is 2.76. The molecular weight excluding hydrogens is 298 g/mol. The van der Waals surface area contributed by atoms with Crippen LogP contribution in [0.15, 0.2) is 6.08 Å². The van der Waals surface area contributed by atoms with Crippen molar-refractivity contribution in [2.24, 2.45) is 0 Å². The van der Waals surface area contributed by atoms with Crippen molar-refractivity contribution >= 4 is 22.3 Å². The van der Waals surface area contributed by atoms with Crippen molar-refractivity contribution in [2.45, 2.75) is 27.2 Å². The van der Waals surface area contributed by atoms with Crippen molar-refractivity contribution in [3.05, 3.63) is 40.1 Å². The van der Waals surface area contributed by atoms with Gasteiger partial charge in [-0.05, 0) is 45.4 Å². The van der Waals surface area contributed by atoms with Crippen molar-refractivity contribution in [1.29, 1.82) is 0 Å². The maximum Gasteiger partial charge on any atom is 0.172 e. The van der Waals surface area contributed by atoms with E-state index < -0.39 is 17.4 Å². The lowest BCUT2D eigenvalue weighted by atomic mass is 9.92. The van der Waals surface area contributed by atoms with Crippen LogP contribution in [0.25, 0.3) is 16.5 Å². The summed E-state index contributed by atoms with van der Waals surface area (Å²) in [4.78, 5) is 17.0. The summed E-state index contributed by atoms with van der Waals surface area (Å²) >= 11 is 0. The number of carbonyl (C=O) groups is 1. The van der Waals surface area contributed by atoms with Gasteiger partial charge in [0, 0.05) is 29.7 Å². The Morgan fingerprint density at radius 1 is 1.26 bits per heavy atom. The minimum absolute atomic E-state index is 0.192. The summed E-state index contributed by atoms with van der Waals surface area (Å²) in [5, 5.41) is 0.619. The molecule has 0 saturated carbocycles. The number of likely N-dealkylation sites (N-methyl/N-ethyl adjacent to an activating group) is 1. The van der Waals surface area contributed by atoms with Crippen LogP contribution in [-0.4, -0.2) is 35.8 Å². The molecule has 1 aromatic heterocycles. The fourth-order valence-electron chi connectivity index (χ4n) is 3.36. The lowest BCUT2D eigenvalue weighted by Gasteiger charge is -2.24. The van der Waals surface area contributed by atoms with E-state index in [4.69, 9.17) is 0 Å². The number of hydrogen-bond donors (Lipinski definition) is 1. The molecule has 5 heteroatoms. The Bertz CT molecular complexity index is 849. The fourth-order valence-corrected chi connectivity index (χ4v) is 3.36. The van der Waals surface area contributed by atoms with Gasteiger partial charge in [-0.3, -0.25) is 4.79 Å². The van der Waals surface area contributed by atoms with Gasteiger partial charge in [-0.15, -0.1) is 0 Å². The van der Waals surface area contributed by atoms with E-state index >= 15 is 0 Å². The molecule has 0 unspecified atom stereocenters. The third-order valence-electron chi connectivity index (χ3n) is 4.65. The number of Topliss-reactive ketones (excluding diaryl/α,β-unsaturated/α-hetero) is 1. The zero-order valence-electron chi connectivity index (χ0n) is 13.8. The lowest BCUT2D eigenvalue weighted by molar-refractivity contribution is 0.101. The molecule has 1 aliphatic rings. The number of H-pyrrole nitrogens is 1. The van der Waals surface area contributed by atoms with Crippen LogP contribution in [0.2, 0.25) is 0 Å². The minimum Gasteiger partial charge on any atom is -0.358 e. The largest absolute Gasteiger partial charge is 0.358 e. The van der Waals surface area contributed by atoms with Crippen LogP contribution >= 0.6 is 0 Å². The van der Waals surface area contributed by atoms with E-state index in [0.717, 1.165) is 29.8 Å². The molecule has 0 radical (unpaired) electrons. The number of nitrogens with one attached hydrogen (secondary N) is 1. The van der Waals surface area contributed by atoms with Crippen LogP contribution in [0, 0.1) is 25.5 Å². The second kappa shape index (κ2) is 5.57. The zero-order valence-corrected chi connectivity index (χ0v) is 13.8. The maximum atomic E-state index is 14.9. The van der Waals surface area contributed by atoms with Crippen LogP contribution in [0.5, 0.6) is 0 Å². The predicted molar refractivity (Wildman–Crippen MR) is 87.8 cm³/mol. The van der Waals surface area contributed by atoms with Gasteiger partial charge in [-0.1, -0.05) is 6.08 Å². The van der Waals surface area contributed by atoms with Crippen molar-refractivity contribution in [3.8, 4) is 0 Å². The predicted octanol–water partition coefficient (Wildman–Crippen LogP) is 3.98. The number of carbonyl (C=O) groups excluding carboxylic acids is 1. The molecule has 0 aliphatic carbocycles. The van der Waals surface area contributed by atoms with Crippen LogP contribution in [0.3, 0.4) is 0 Å². The molecule has 0 saturated heterocycles. The standard InChI is InChI=1S/C18H20F2N2O/c1-9-10(2)21-18-13(9)15(12-6-5-7-22(4)8-12)17(20)16(19)14(18)11(3)23/h6,21H,5,7-8H2,1-4H3. The van der Waals surface area contributed by atoms with Crippen molar-refractivity contribution < 1.29 is 13.6 Å². The van der Waals surface area contributed by atoms with E-state index in [0.29, 0.717) is 17.4 Å². The van der Waals surface area contributed by atoms with Crippen LogP contribution in [0.4, 0.5) is 8.78 Å². The number of aryl methyl sites for hydroxylation is 2. The molecule has 0 amide bonds. The lowest BCUT2D eigenvalue weighted by Crippen LogP contribution is -2.25. The van der Waals surface area contributed by atoms with E-state index in [-0.39, 0.29) is 11.1 Å². The molecule has 2 aromatic rings.